The van der Waals surface area contributed by atoms with Gasteiger partial charge >= 0.3 is 12.1 Å². The zero-order valence-corrected chi connectivity index (χ0v) is 19.0. The van der Waals surface area contributed by atoms with Crippen LogP contribution in [0.15, 0.2) is 48.5 Å². The average molecular weight is 465 g/mol. The molecule has 3 atom stereocenters. The zero-order chi connectivity index (χ0) is 23.9. The molecular weight excluding hydrogens is 436 g/mol. The molecule has 2 heterocycles. The van der Waals surface area contributed by atoms with Crippen LogP contribution in [0, 0.1) is 0 Å². The molecule has 2 fully saturated rings. The number of benzene rings is 2. The van der Waals surface area contributed by atoms with Gasteiger partial charge in [-0.15, -0.1) is 0 Å². The fraction of sp³-hybridized carbons (Fsp3) is 0.423. The Morgan fingerprint density at radius 1 is 1.12 bits per heavy atom. The van der Waals surface area contributed by atoms with Crippen LogP contribution in [0.5, 0.6) is 0 Å². The van der Waals surface area contributed by atoms with Gasteiger partial charge in [-0.25, -0.2) is 9.59 Å². The Hall–Kier alpha value is -3.39. The van der Waals surface area contributed by atoms with Gasteiger partial charge in [-0.1, -0.05) is 48.5 Å². The van der Waals surface area contributed by atoms with Crippen LogP contribution >= 0.6 is 0 Å². The maximum atomic E-state index is 13.1. The maximum absolute atomic E-state index is 13.1. The highest BCUT2D eigenvalue weighted by Crippen LogP contribution is 2.44. The molecule has 0 saturated carbocycles. The van der Waals surface area contributed by atoms with Gasteiger partial charge in [0, 0.05) is 19.1 Å². The van der Waals surface area contributed by atoms with Crippen LogP contribution in [0.4, 0.5) is 4.79 Å². The van der Waals surface area contributed by atoms with Crippen LogP contribution in [-0.2, 0) is 19.1 Å². The second-order valence-corrected chi connectivity index (χ2v) is 9.33. The molecule has 0 spiro atoms. The fourth-order valence-electron chi connectivity index (χ4n) is 5.46. The van der Waals surface area contributed by atoms with Gasteiger partial charge in [0.05, 0.1) is 6.04 Å². The number of likely N-dealkylation sites (tertiary alicyclic amines) is 1. The van der Waals surface area contributed by atoms with E-state index in [1.165, 1.54) is 4.90 Å². The second kappa shape index (κ2) is 8.76. The van der Waals surface area contributed by atoms with E-state index < -0.39 is 35.7 Å². The van der Waals surface area contributed by atoms with Gasteiger partial charge in [-0.3, -0.25) is 4.79 Å². The lowest BCUT2D eigenvalue weighted by molar-refractivity contribution is -0.159. The van der Waals surface area contributed by atoms with Crippen molar-refractivity contribution >= 4 is 18.0 Å². The minimum absolute atomic E-state index is 0.0590. The van der Waals surface area contributed by atoms with E-state index in [0.717, 1.165) is 22.3 Å². The number of aliphatic carboxylic acids is 1. The third kappa shape index (κ3) is 3.72. The van der Waals surface area contributed by atoms with Crippen LogP contribution in [0.2, 0.25) is 0 Å². The molecule has 8 nitrogen and oxygen atoms in total. The smallest absolute Gasteiger partial charge is 0.407 e. The predicted molar refractivity (Wildman–Crippen MR) is 123 cm³/mol. The summed E-state index contributed by atoms with van der Waals surface area (Å²) in [6.45, 7) is 2.40. The molecule has 0 aromatic heterocycles. The molecule has 2 amide bonds. The lowest BCUT2D eigenvalue weighted by atomic mass is 9.98. The summed E-state index contributed by atoms with van der Waals surface area (Å²) in [7, 11) is 0. The number of hydrogen-bond donors (Lipinski definition) is 2. The van der Waals surface area contributed by atoms with Gasteiger partial charge in [-0.05, 0) is 48.4 Å². The van der Waals surface area contributed by atoms with Crippen molar-refractivity contribution in [2.75, 3.05) is 19.8 Å². The van der Waals surface area contributed by atoms with Gasteiger partial charge in [-0.2, -0.15) is 0 Å². The van der Waals surface area contributed by atoms with Crippen molar-refractivity contribution in [1.82, 2.24) is 10.2 Å². The Balaban J connectivity index is 1.24. The second-order valence-electron chi connectivity index (χ2n) is 9.33. The van der Waals surface area contributed by atoms with Crippen LogP contribution in [0.25, 0.3) is 11.1 Å². The monoisotopic (exact) mass is 464 g/mol. The quantitative estimate of drug-likeness (QED) is 0.704. The number of carboxylic acids is 1. The molecule has 178 valence electrons. The van der Waals surface area contributed by atoms with Crippen molar-refractivity contribution in [3.8, 4) is 11.1 Å². The van der Waals surface area contributed by atoms with Gasteiger partial charge in [0.2, 0.25) is 0 Å². The lowest BCUT2D eigenvalue weighted by Gasteiger charge is -2.34. The number of alkyl carbamates (subject to hydrolysis) is 1. The standard InChI is InChI=1S/C26H28N2O6/c1-26(24(30)31)12-6-13-28(26)23(29)22-21(11-14-33-22)27-25(32)34-15-20-18-9-4-2-7-16(18)17-8-3-5-10-19(17)20/h2-5,7-10,20-22H,6,11-15H2,1H3,(H,27,32)(H,30,31)/t21?,22?,26-/m1/s1. The zero-order valence-electron chi connectivity index (χ0n) is 19.0. The number of rotatable bonds is 5. The Kier molecular flexibility index (Phi) is 5.77. The largest absolute Gasteiger partial charge is 0.480 e. The van der Waals surface area contributed by atoms with E-state index in [1.807, 2.05) is 24.3 Å². The average Bonchev–Trinajstić information content (AvgIpc) is 3.54. The number of amides is 2. The van der Waals surface area contributed by atoms with Crippen molar-refractivity contribution in [2.24, 2.45) is 0 Å². The number of carbonyl (C=O) groups is 3. The third-order valence-electron chi connectivity index (χ3n) is 7.35. The maximum Gasteiger partial charge on any atom is 0.407 e. The van der Waals surface area contributed by atoms with Crippen molar-refractivity contribution in [1.29, 1.82) is 0 Å². The number of nitrogens with one attached hydrogen (secondary N) is 1. The molecule has 2 N–H and O–H groups in total. The Morgan fingerprint density at radius 2 is 1.76 bits per heavy atom. The molecule has 5 rings (SSSR count). The van der Waals surface area contributed by atoms with E-state index in [1.54, 1.807) is 6.92 Å². The molecule has 0 radical (unpaired) electrons. The topological polar surface area (TPSA) is 105 Å². The summed E-state index contributed by atoms with van der Waals surface area (Å²) in [6, 6.07) is 15.6. The molecule has 2 aromatic carbocycles. The van der Waals surface area contributed by atoms with E-state index in [9.17, 15) is 19.5 Å². The number of nitrogens with zero attached hydrogens (tertiary/aromatic N) is 1. The molecule has 1 aliphatic carbocycles. The summed E-state index contributed by atoms with van der Waals surface area (Å²) in [5, 5.41) is 12.4. The van der Waals surface area contributed by atoms with Gasteiger partial charge in [0.25, 0.3) is 5.91 Å². The molecule has 8 heteroatoms. The van der Waals surface area contributed by atoms with Crippen molar-refractivity contribution < 1.29 is 29.0 Å². The van der Waals surface area contributed by atoms with Gasteiger partial charge in [0.15, 0.2) is 6.10 Å². The van der Waals surface area contributed by atoms with Crippen molar-refractivity contribution in [3.05, 3.63) is 59.7 Å². The predicted octanol–water partition coefficient (Wildman–Crippen LogP) is 3.15. The highest BCUT2D eigenvalue weighted by atomic mass is 16.6. The lowest BCUT2D eigenvalue weighted by Crippen LogP contribution is -2.57. The first-order valence-electron chi connectivity index (χ1n) is 11.7. The van der Waals surface area contributed by atoms with Crippen LogP contribution in [0.1, 0.15) is 43.2 Å². The molecule has 2 aromatic rings. The van der Waals surface area contributed by atoms with Crippen molar-refractivity contribution in [3.63, 3.8) is 0 Å². The number of carboxylic acid groups (broad SMARTS) is 1. The van der Waals surface area contributed by atoms with Crippen LogP contribution < -0.4 is 5.32 Å². The molecule has 2 aliphatic heterocycles. The number of fused-ring (bicyclic) bond motifs is 3. The molecule has 2 unspecified atom stereocenters. The highest BCUT2D eigenvalue weighted by molar-refractivity contribution is 5.90. The first kappa shape index (κ1) is 22.4. The Morgan fingerprint density at radius 3 is 2.41 bits per heavy atom. The summed E-state index contributed by atoms with van der Waals surface area (Å²) in [4.78, 5) is 39.0. The van der Waals surface area contributed by atoms with Crippen LogP contribution in [0.3, 0.4) is 0 Å². The third-order valence-corrected chi connectivity index (χ3v) is 7.35. The fourth-order valence-corrected chi connectivity index (χ4v) is 5.46. The number of carbonyl (C=O) groups excluding carboxylic acids is 2. The number of ether oxygens (including phenoxy) is 2. The molecule has 34 heavy (non-hydrogen) atoms. The van der Waals surface area contributed by atoms with E-state index in [0.29, 0.717) is 32.4 Å². The summed E-state index contributed by atoms with van der Waals surface area (Å²) >= 11 is 0. The van der Waals surface area contributed by atoms with E-state index in [2.05, 4.69) is 29.6 Å². The first-order valence-corrected chi connectivity index (χ1v) is 11.7. The summed E-state index contributed by atoms with van der Waals surface area (Å²) in [6.07, 6.45) is -0.0651. The van der Waals surface area contributed by atoms with E-state index in [4.69, 9.17) is 9.47 Å². The minimum atomic E-state index is -1.25. The highest BCUT2D eigenvalue weighted by Gasteiger charge is 2.50. The minimum Gasteiger partial charge on any atom is -0.480 e. The van der Waals surface area contributed by atoms with E-state index in [-0.39, 0.29) is 12.5 Å². The van der Waals surface area contributed by atoms with Gasteiger partial charge in [0.1, 0.15) is 12.1 Å². The molecule has 0 bridgehead atoms. The van der Waals surface area contributed by atoms with Crippen LogP contribution in [-0.4, -0.2) is 65.4 Å². The molecule has 3 aliphatic rings. The summed E-state index contributed by atoms with van der Waals surface area (Å²) < 4.78 is 11.2. The number of hydrogen-bond acceptors (Lipinski definition) is 5. The molecular formula is C26H28N2O6. The first-order chi connectivity index (χ1) is 16.4. The Bertz CT molecular complexity index is 1090. The SMILES string of the molecule is C[C@]1(C(=O)O)CCCN1C(=O)C1OCCC1NC(=O)OCC1c2ccccc2-c2ccccc21. The van der Waals surface area contributed by atoms with E-state index >= 15 is 0 Å². The van der Waals surface area contributed by atoms with Gasteiger partial charge < -0.3 is 24.8 Å². The summed E-state index contributed by atoms with van der Waals surface area (Å²) in [5.41, 5.74) is 3.28. The summed E-state index contributed by atoms with van der Waals surface area (Å²) in [5.74, 6) is -1.49. The normalized spacial score (nSPS) is 25.6. The van der Waals surface area contributed by atoms with Crippen molar-refractivity contribution in [2.45, 2.75) is 49.8 Å². The Labute approximate surface area is 197 Å². The molecule has 2 saturated heterocycles.